The zero-order valence-corrected chi connectivity index (χ0v) is 20.8. The second kappa shape index (κ2) is 10.5. The van der Waals surface area contributed by atoms with Crippen molar-refractivity contribution >= 4 is 44.8 Å². The first-order valence-corrected chi connectivity index (χ1v) is 13.1. The molecule has 0 atom stereocenters. The molecule has 0 aromatic heterocycles. The van der Waals surface area contributed by atoms with Gasteiger partial charge >= 0.3 is 0 Å². The molecule has 3 aromatic rings. The molecule has 9 heteroatoms. The number of para-hydroxylation sites is 1. The molecule has 182 valence electrons. The van der Waals surface area contributed by atoms with Gasteiger partial charge in [0.1, 0.15) is 6.54 Å². The number of halogens is 1. The van der Waals surface area contributed by atoms with Crippen LogP contribution < -0.4 is 9.62 Å². The normalized spacial score (nSPS) is 13.5. The van der Waals surface area contributed by atoms with Crippen LogP contribution in [0.5, 0.6) is 0 Å². The summed E-state index contributed by atoms with van der Waals surface area (Å²) in [5.41, 5.74) is 1.67. The van der Waals surface area contributed by atoms with Gasteiger partial charge < -0.3 is 10.2 Å². The van der Waals surface area contributed by atoms with Crippen LogP contribution in [-0.4, -0.2) is 44.8 Å². The summed E-state index contributed by atoms with van der Waals surface area (Å²) in [7, 11) is -4.06. The van der Waals surface area contributed by atoms with Crippen LogP contribution in [0, 0.1) is 6.92 Å². The highest BCUT2D eigenvalue weighted by molar-refractivity contribution is 7.92. The second-order valence-electron chi connectivity index (χ2n) is 8.35. The molecule has 0 radical (unpaired) electrons. The van der Waals surface area contributed by atoms with E-state index in [1.807, 2.05) is 0 Å². The molecule has 0 unspecified atom stereocenters. The fourth-order valence-electron chi connectivity index (χ4n) is 4.11. The molecular weight excluding hydrogens is 486 g/mol. The number of carbonyl (C=O) groups excluding carboxylic acids is 2. The first-order valence-electron chi connectivity index (χ1n) is 11.3. The third-order valence-electron chi connectivity index (χ3n) is 5.87. The zero-order chi connectivity index (χ0) is 25.0. The maximum atomic E-state index is 13.6. The Bertz CT molecular complexity index is 1340. The minimum atomic E-state index is -4.06. The van der Waals surface area contributed by atoms with Gasteiger partial charge in [0.05, 0.1) is 21.8 Å². The van der Waals surface area contributed by atoms with Gasteiger partial charge in [0.2, 0.25) is 5.91 Å². The molecule has 0 bridgehead atoms. The molecule has 3 aromatic carbocycles. The van der Waals surface area contributed by atoms with Crippen LogP contribution in [0.3, 0.4) is 0 Å². The SMILES string of the molecule is Cc1cc(Cl)ccc1N(CC(=O)Nc1ccccc1C(=O)N1CCCC1)S(=O)(=O)c1ccccc1. The van der Waals surface area contributed by atoms with Crippen LogP contribution in [0.15, 0.2) is 77.7 Å². The molecule has 7 nitrogen and oxygen atoms in total. The average Bonchev–Trinajstić information content (AvgIpc) is 3.38. The number of amides is 2. The third-order valence-corrected chi connectivity index (χ3v) is 7.88. The highest BCUT2D eigenvalue weighted by Crippen LogP contribution is 2.29. The lowest BCUT2D eigenvalue weighted by Gasteiger charge is -2.26. The maximum absolute atomic E-state index is 13.6. The fourth-order valence-corrected chi connectivity index (χ4v) is 5.84. The number of rotatable bonds is 7. The molecule has 4 rings (SSSR count). The van der Waals surface area contributed by atoms with E-state index in [2.05, 4.69) is 5.32 Å². The number of nitrogens with zero attached hydrogens (tertiary/aromatic N) is 2. The number of aryl methyl sites for hydroxylation is 1. The quantitative estimate of drug-likeness (QED) is 0.497. The Labute approximate surface area is 210 Å². The lowest BCUT2D eigenvalue weighted by molar-refractivity contribution is -0.114. The fraction of sp³-hybridized carbons (Fsp3) is 0.231. The van der Waals surface area contributed by atoms with Gasteiger partial charge in [0.25, 0.3) is 15.9 Å². The molecule has 1 saturated heterocycles. The number of hydrogen-bond donors (Lipinski definition) is 1. The van der Waals surface area contributed by atoms with Crippen LogP contribution in [-0.2, 0) is 14.8 Å². The van der Waals surface area contributed by atoms with Crippen molar-refractivity contribution in [1.29, 1.82) is 0 Å². The standard InChI is InChI=1S/C26H26ClN3O4S/c1-19-17-20(27)13-14-24(19)30(35(33,34)21-9-3-2-4-10-21)18-25(31)28-23-12-6-5-11-22(23)26(32)29-15-7-8-16-29/h2-6,9-14,17H,7-8,15-16,18H2,1H3,(H,28,31). The van der Waals surface area contributed by atoms with Crippen molar-refractivity contribution in [3.63, 3.8) is 0 Å². The van der Waals surface area contributed by atoms with E-state index >= 15 is 0 Å². The van der Waals surface area contributed by atoms with Crippen molar-refractivity contribution in [2.45, 2.75) is 24.7 Å². The van der Waals surface area contributed by atoms with Crippen molar-refractivity contribution in [1.82, 2.24) is 4.90 Å². The monoisotopic (exact) mass is 511 g/mol. The van der Waals surface area contributed by atoms with Crippen molar-refractivity contribution in [2.75, 3.05) is 29.3 Å². The molecule has 1 aliphatic rings. The van der Waals surface area contributed by atoms with E-state index in [0.29, 0.717) is 40.6 Å². The third kappa shape index (κ3) is 5.49. The number of likely N-dealkylation sites (tertiary alicyclic amines) is 1. The van der Waals surface area contributed by atoms with Crippen molar-refractivity contribution in [2.24, 2.45) is 0 Å². The van der Waals surface area contributed by atoms with E-state index in [-0.39, 0.29) is 10.8 Å². The molecule has 1 aliphatic heterocycles. The summed E-state index contributed by atoms with van der Waals surface area (Å²) in [5.74, 6) is -0.721. The summed E-state index contributed by atoms with van der Waals surface area (Å²) in [5, 5.41) is 3.21. The Hall–Kier alpha value is -3.36. The highest BCUT2D eigenvalue weighted by Gasteiger charge is 2.29. The molecule has 35 heavy (non-hydrogen) atoms. The van der Waals surface area contributed by atoms with Crippen LogP contribution >= 0.6 is 11.6 Å². The van der Waals surface area contributed by atoms with Gasteiger partial charge in [-0.2, -0.15) is 0 Å². The Morgan fingerprint density at radius 3 is 2.31 bits per heavy atom. The van der Waals surface area contributed by atoms with E-state index in [0.717, 1.165) is 17.1 Å². The van der Waals surface area contributed by atoms with Gasteiger partial charge in [-0.15, -0.1) is 0 Å². The minimum Gasteiger partial charge on any atom is -0.339 e. The molecule has 2 amide bonds. The first kappa shape index (κ1) is 24.8. The predicted molar refractivity (Wildman–Crippen MR) is 137 cm³/mol. The number of hydrogen-bond acceptors (Lipinski definition) is 4. The number of sulfonamides is 1. The largest absolute Gasteiger partial charge is 0.339 e. The molecule has 1 N–H and O–H groups in total. The van der Waals surface area contributed by atoms with Gasteiger partial charge in [-0.3, -0.25) is 13.9 Å². The summed E-state index contributed by atoms with van der Waals surface area (Å²) < 4.78 is 28.2. The summed E-state index contributed by atoms with van der Waals surface area (Å²) in [4.78, 5) is 28.0. The molecule has 0 aliphatic carbocycles. The zero-order valence-electron chi connectivity index (χ0n) is 19.3. The van der Waals surface area contributed by atoms with Gasteiger partial charge in [0, 0.05) is 18.1 Å². The topological polar surface area (TPSA) is 86.8 Å². The summed E-state index contributed by atoms with van der Waals surface area (Å²) >= 11 is 6.08. The van der Waals surface area contributed by atoms with E-state index in [1.165, 1.54) is 12.1 Å². The van der Waals surface area contributed by atoms with Crippen LogP contribution in [0.25, 0.3) is 0 Å². The highest BCUT2D eigenvalue weighted by atomic mass is 35.5. The molecule has 0 spiro atoms. The van der Waals surface area contributed by atoms with Gasteiger partial charge in [-0.05, 0) is 67.8 Å². The van der Waals surface area contributed by atoms with E-state index in [1.54, 1.807) is 72.5 Å². The van der Waals surface area contributed by atoms with E-state index in [9.17, 15) is 18.0 Å². The predicted octanol–water partition coefficient (Wildman–Crippen LogP) is 4.72. The molecule has 1 fully saturated rings. The van der Waals surface area contributed by atoms with Crippen LogP contribution in [0.1, 0.15) is 28.8 Å². The Morgan fingerprint density at radius 2 is 1.63 bits per heavy atom. The minimum absolute atomic E-state index is 0.0618. The number of nitrogens with one attached hydrogen (secondary N) is 1. The van der Waals surface area contributed by atoms with Crippen molar-refractivity contribution in [3.8, 4) is 0 Å². The van der Waals surface area contributed by atoms with Gasteiger partial charge in [0.15, 0.2) is 0 Å². The van der Waals surface area contributed by atoms with Crippen LogP contribution in [0.2, 0.25) is 5.02 Å². The molecule has 0 saturated carbocycles. The van der Waals surface area contributed by atoms with Crippen molar-refractivity contribution < 1.29 is 18.0 Å². The lowest BCUT2D eigenvalue weighted by atomic mass is 10.1. The number of anilines is 2. The number of carbonyl (C=O) groups is 2. The van der Waals surface area contributed by atoms with Crippen LogP contribution in [0.4, 0.5) is 11.4 Å². The molecule has 1 heterocycles. The number of benzene rings is 3. The van der Waals surface area contributed by atoms with E-state index < -0.39 is 22.5 Å². The Morgan fingerprint density at radius 1 is 0.971 bits per heavy atom. The summed E-state index contributed by atoms with van der Waals surface area (Å²) in [6.07, 6.45) is 1.90. The second-order valence-corrected chi connectivity index (χ2v) is 10.6. The maximum Gasteiger partial charge on any atom is 0.264 e. The smallest absolute Gasteiger partial charge is 0.264 e. The molecular formula is C26H26ClN3O4S. The Kier molecular flexibility index (Phi) is 7.42. The van der Waals surface area contributed by atoms with Gasteiger partial charge in [-0.25, -0.2) is 8.42 Å². The van der Waals surface area contributed by atoms with E-state index in [4.69, 9.17) is 11.6 Å². The summed E-state index contributed by atoms with van der Waals surface area (Å²) in [6.45, 7) is 2.61. The summed E-state index contributed by atoms with van der Waals surface area (Å²) in [6, 6.07) is 19.5. The first-order chi connectivity index (χ1) is 16.8. The van der Waals surface area contributed by atoms with Crippen molar-refractivity contribution in [3.05, 3.63) is 88.9 Å². The lowest BCUT2D eigenvalue weighted by Crippen LogP contribution is -2.39. The average molecular weight is 512 g/mol. The Balaban J connectivity index is 1.65. The van der Waals surface area contributed by atoms with Gasteiger partial charge in [-0.1, -0.05) is 41.9 Å².